The Morgan fingerprint density at radius 2 is 2.14 bits per heavy atom. The van der Waals surface area contributed by atoms with Crippen LogP contribution in [0.1, 0.15) is 18.9 Å². The number of amides is 1. The van der Waals surface area contributed by atoms with Gasteiger partial charge in [0, 0.05) is 22.7 Å². The van der Waals surface area contributed by atoms with Crippen LogP contribution >= 0.6 is 11.6 Å². The number of halogens is 1. The zero-order valence-corrected chi connectivity index (χ0v) is 13.1. The first-order valence-corrected chi connectivity index (χ1v) is 7.42. The van der Waals surface area contributed by atoms with Gasteiger partial charge in [0.1, 0.15) is 5.52 Å². The molecule has 0 fully saturated rings. The maximum atomic E-state index is 11.6. The van der Waals surface area contributed by atoms with E-state index in [9.17, 15) is 4.79 Å². The largest absolute Gasteiger partial charge is 0.436 e. The van der Waals surface area contributed by atoms with Crippen molar-refractivity contribution >= 4 is 34.3 Å². The Balaban J connectivity index is 2.06. The maximum Gasteiger partial charge on any atom is 0.227 e. The van der Waals surface area contributed by atoms with Crippen molar-refractivity contribution in [2.24, 2.45) is 0 Å². The summed E-state index contributed by atoms with van der Waals surface area (Å²) >= 11 is 5.97. The molecule has 112 valence electrons. The van der Waals surface area contributed by atoms with E-state index in [0.29, 0.717) is 28.4 Å². The molecule has 3 aromatic rings. The summed E-state index contributed by atoms with van der Waals surface area (Å²) in [7, 11) is 0. The summed E-state index contributed by atoms with van der Waals surface area (Å²) < 4.78 is 5.79. The molecule has 0 radical (unpaired) electrons. The molecular formula is C17H15ClN2O2. The molecule has 0 aliphatic heterocycles. The van der Waals surface area contributed by atoms with E-state index in [4.69, 9.17) is 16.0 Å². The van der Waals surface area contributed by atoms with E-state index in [1.54, 1.807) is 18.2 Å². The predicted molar refractivity (Wildman–Crippen MR) is 88.1 cm³/mol. The number of nitrogens with zero attached hydrogens (tertiary/aromatic N) is 1. The van der Waals surface area contributed by atoms with E-state index in [-0.39, 0.29) is 5.91 Å². The Labute approximate surface area is 133 Å². The van der Waals surface area contributed by atoms with Crippen molar-refractivity contribution in [3.63, 3.8) is 0 Å². The van der Waals surface area contributed by atoms with Gasteiger partial charge in [-0.05, 0) is 42.8 Å². The molecule has 0 aliphatic carbocycles. The summed E-state index contributed by atoms with van der Waals surface area (Å²) in [4.78, 5) is 16.1. The van der Waals surface area contributed by atoms with Crippen LogP contribution in [0.3, 0.4) is 0 Å². The minimum Gasteiger partial charge on any atom is -0.436 e. The first kappa shape index (κ1) is 14.6. The van der Waals surface area contributed by atoms with Crippen LogP contribution in [-0.4, -0.2) is 10.9 Å². The number of oxazole rings is 1. The molecule has 0 atom stereocenters. The molecule has 2 aromatic carbocycles. The number of aromatic nitrogens is 1. The number of hydrogen-bond donors (Lipinski definition) is 1. The number of nitrogens with one attached hydrogen (secondary N) is 1. The van der Waals surface area contributed by atoms with Crippen molar-refractivity contribution in [1.82, 2.24) is 4.98 Å². The summed E-state index contributed by atoms with van der Waals surface area (Å²) in [6, 6.07) is 11.0. The molecule has 5 heteroatoms. The number of fused-ring (bicyclic) bond motifs is 1. The number of anilines is 1. The predicted octanol–water partition coefficient (Wildman–Crippen LogP) is 4.81. The molecule has 0 unspecified atom stereocenters. The van der Waals surface area contributed by atoms with Gasteiger partial charge in [0.05, 0.1) is 0 Å². The summed E-state index contributed by atoms with van der Waals surface area (Å²) in [6.45, 7) is 3.75. The summed E-state index contributed by atoms with van der Waals surface area (Å²) in [5.41, 5.74) is 3.93. The van der Waals surface area contributed by atoms with Crippen LogP contribution in [0.4, 0.5) is 5.69 Å². The molecule has 0 bridgehead atoms. The molecule has 0 saturated carbocycles. The van der Waals surface area contributed by atoms with Crippen molar-refractivity contribution in [3.8, 4) is 11.5 Å². The average molecular weight is 315 g/mol. The smallest absolute Gasteiger partial charge is 0.227 e. The van der Waals surface area contributed by atoms with Crippen molar-refractivity contribution < 1.29 is 9.21 Å². The van der Waals surface area contributed by atoms with Crippen molar-refractivity contribution in [2.45, 2.75) is 20.3 Å². The molecular weight excluding hydrogens is 300 g/mol. The molecule has 1 N–H and O–H groups in total. The number of rotatable bonds is 3. The van der Waals surface area contributed by atoms with Gasteiger partial charge < -0.3 is 9.73 Å². The minimum atomic E-state index is -0.0235. The zero-order valence-electron chi connectivity index (χ0n) is 12.3. The van der Waals surface area contributed by atoms with E-state index in [1.165, 1.54) is 0 Å². The third-order valence-corrected chi connectivity index (χ3v) is 3.74. The monoisotopic (exact) mass is 314 g/mol. The van der Waals surface area contributed by atoms with Crippen LogP contribution in [0.2, 0.25) is 5.02 Å². The highest BCUT2D eigenvalue weighted by molar-refractivity contribution is 6.31. The molecule has 1 amide bonds. The van der Waals surface area contributed by atoms with Crippen molar-refractivity contribution in [2.75, 3.05) is 5.32 Å². The fraction of sp³-hybridized carbons (Fsp3) is 0.176. The van der Waals surface area contributed by atoms with Gasteiger partial charge in [-0.2, -0.15) is 0 Å². The summed E-state index contributed by atoms with van der Waals surface area (Å²) in [5, 5.41) is 3.50. The lowest BCUT2D eigenvalue weighted by Crippen LogP contribution is -2.10. The second kappa shape index (κ2) is 5.81. The number of benzene rings is 2. The third kappa shape index (κ3) is 2.70. The van der Waals surface area contributed by atoms with Crippen LogP contribution < -0.4 is 5.32 Å². The number of carbonyl (C=O) groups excluding carboxylic acids is 1. The Kier molecular flexibility index (Phi) is 3.86. The van der Waals surface area contributed by atoms with Crippen molar-refractivity contribution in [1.29, 1.82) is 0 Å². The number of hydrogen-bond acceptors (Lipinski definition) is 3. The lowest BCUT2D eigenvalue weighted by Gasteiger charge is -2.09. The number of carbonyl (C=O) groups is 1. The topological polar surface area (TPSA) is 55.1 Å². The first-order chi connectivity index (χ1) is 10.6. The highest BCUT2D eigenvalue weighted by Crippen LogP contribution is 2.31. The van der Waals surface area contributed by atoms with Gasteiger partial charge in [-0.25, -0.2) is 4.98 Å². The Bertz CT molecular complexity index is 855. The van der Waals surface area contributed by atoms with Crippen molar-refractivity contribution in [3.05, 3.63) is 47.0 Å². The molecule has 1 aromatic heterocycles. The van der Waals surface area contributed by atoms with Gasteiger partial charge in [-0.3, -0.25) is 4.79 Å². The third-order valence-electron chi connectivity index (χ3n) is 3.51. The Morgan fingerprint density at radius 3 is 2.91 bits per heavy atom. The van der Waals surface area contributed by atoms with E-state index < -0.39 is 0 Å². The zero-order chi connectivity index (χ0) is 15.7. The second-order valence-electron chi connectivity index (χ2n) is 5.01. The quantitative estimate of drug-likeness (QED) is 0.755. The van der Waals surface area contributed by atoms with E-state index in [1.807, 2.05) is 32.0 Å². The van der Waals surface area contributed by atoms with E-state index in [2.05, 4.69) is 10.3 Å². The molecule has 22 heavy (non-hydrogen) atoms. The standard InChI is InChI=1S/C17H15ClN2O2/c1-3-16(21)19-13-6-4-5-12(10(13)2)17-20-14-9-11(18)7-8-15(14)22-17/h4-9H,3H2,1-2H3,(H,19,21). The minimum absolute atomic E-state index is 0.0235. The molecule has 3 rings (SSSR count). The normalized spacial score (nSPS) is 10.9. The molecule has 1 heterocycles. The maximum absolute atomic E-state index is 11.6. The Hall–Kier alpha value is -2.33. The van der Waals surface area contributed by atoms with Crippen LogP contribution in [0.15, 0.2) is 40.8 Å². The lowest BCUT2D eigenvalue weighted by molar-refractivity contribution is -0.115. The molecule has 4 nitrogen and oxygen atoms in total. The second-order valence-corrected chi connectivity index (χ2v) is 5.45. The van der Waals surface area contributed by atoms with Gasteiger partial charge in [0.15, 0.2) is 5.58 Å². The fourth-order valence-electron chi connectivity index (χ4n) is 2.26. The van der Waals surface area contributed by atoms with Gasteiger partial charge in [0.25, 0.3) is 0 Å². The highest BCUT2D eigenvalue weighted by atomic mass is 35.5. The Morgan fingerprint density at radius 1 is 1.32 bits per heavy atom. The fourth-order valence-corrected chi connectivity index (χ4v) is 2.42. The van der Waals surface area contributed by atoms with Gasteiger partial charge in [-0.1, -0.05) is 24.6 Å². The first-order valence-electron chi connectivity index (χ1n) is 7.04. The van der Waals surface area contributed by atoms with Crippen LogP contribution in [-0.2, 0) is 4.79 Å². The van der Waals surface area contributed by atoms with Crippen LogP contribution in [0, 0.1) is 6.92 Å². The average Bonchev–Trinajstić information content (AvgIpc) is 2.91. The highest BCUT2D eigenvalue weighted by Gasteiger charge is 2.13. The van der Waals surface area contributed by atoms with E-state index >= 15 is 0 Å². The van der Waals surface area contributed by atoms with Gasteiger partial charge >= 0.3 is 0 Å². The summed E-state index contributed by atoms with van der Waals surface area (Å²) in [5.74, 6) is 0.493. The van der Waals surface area contributed by atoms with Crippen LogP contribution in [0.5, 0.6) is 0 Å². The SMILES string of the molecule is CCC(=O)Nc1cccc(-c2nc3cc(Cl)ccc3o2)c1C. The summed E-state index contributed by atoms with van der Waals surface area (Å²) in [6.07, 6.45) is 0.436. The lowest BCUT2D eigenvalue weighted by atomic mass is 10.1. The van der Waals surface area contributed by atoms with Gasteiger partial charge in [-0.15, -0.1) is 0 Å². The van der Waals surface area contributed by atoms with Gasteiger partial charge in [0.2, 0.25) is 11.8 Å². The van der Waals surface area contributed by atoms with Crippen LogP contribution in [0.25, 0.3) is 22.6 Å². The molecule has 0 spiro atoms. The molecule has 0 saturated heterocycles. The molecule has 0 aliphatic rings. The van der Waals surface area contributed by atoms with E-state index in [0.717, 1.165) is 16.8 Å².